The Kier molecular flexibility index (Phi) is 7.41. The summed E-state index contributed by atoms with van der Waals surface area (Å²) in [6.45, 7) is 6.98. The number of likely N-dealkylation sites (N-methyl/N-ethyl adjacent to an activating group) is 1. The number of anilines is 3. The zero-order chi connectivity index (χ0) is 28.8. The van der Waals surface area contributed by atoms with E-state index in [4.69, 9.17) is 15.1 Å². The zero-order valence-corrected chi connectivity index (χ0v) is 25.2. The fourth-order valence-electron chi connectivity index (χ4n) is 5.37. The molecule has 6 rings (SSSR count). The fraction of sp³-hybridized carbons (Fsp3) is 0.464. The van der Waals surface area contributed by atoms with Gasteiger partial charge in [0, 0.05) is 44.8 Å². The number of hydrogen-bond donors (Lipinski definition) is 1. The fourth-order valence-corrected chi connectivity index (χ4v) is 7.17. The number of imidazole rings is 1. The molecule has 0 radical (unpaired) electrons. The quantitative estimate of drug-likeness (QED) is 0.330. The van der Waals surface area contributed by atoms with Crippen LogP contribution in [0.5, 0.6) is 0 Å². The molecule has 13 heteroatoms. The van der Waals surface area contributed by atoms with E-state index in [0.29, 0.717) is 35.3 Å². The van der Waals surface area contributed by atoms with Crippen molar-refractivity contribution in [1.29, 1.82) is 5.26 Å². The molecule has 0 spiro atoms. The zero-order valence-electron chi connectivity index (χ0n) is 23.6. The maximum absolute atomic E-state index is 12.5. The molecule has 1 N–H and O–H groups in total. The number of rotatable bonds is 8. The first-order valence-corrected chi connectivity index (χ1v) is 15.4. The van der Waals surface area contributed by atoms with E-state index in [9.17, 15) is 15.2 Å². The number of carbonyl (C=O) groups excluding carboxylic acids is 1. The molecule has 4 aromatic rings. The average molecular weight is 592 g/mol. The van der Waals surface area contributed by atoms with Crippen LogP contribution in [0, 0.1) is 18.3 Å². The lowest BCUT2D eigenvalue weighted by Gasteiger charge is -2.37. The average Bonchev–Trinajstić information content (AvgIpc) is 3.73. The number of benzene rings is 1. The molecular weight excluding hydrogens is 559 g/mol. The minimum Gasteiger partial charge on any atom is -0.389 e. The first kappa shape index (κ1) is 27.6. The normalized spacial score (nSPS) is 17.4. The Morgan fingerprint density at radius 1 is 1.17 bits per heavy atom. The topological polar surface area (TPSA) is 117 Å². The molecule has 2 fully saturated rings. The van der Waals surface area contributed by atoms with E-state index in [1.165, 1.54) is 11.3 Å². The van der Waals surface area contributed by atoms with Crippen LogP contribution in [-0.4, -0.2) is 99.4 Å². The molecule has 41 heavy (non-hydrogen) atoms. The lowest BCUT2D eigenvalue weighted by molar-refractivity contribution is -0.142. The summed E-state index contributed by atoms with van der Waals surface area (Å²) in [4.78, 5) is 31.7. The molecule has 3 aromatic heterocycles. The predicted molar refractivity (Wildman–Crippen MR) is 161 cm³/mol. The third-order valence-electron chi connectivity index (χ3n) is 7.88. The summed E-state index contributed by atoms with van der Waals surface area (Å²) in [6.07, 6.45) is 1.30. The van der Waals surface area contributed by atoms with E-state index < -0.39 is 0 Å². The highest BCUT2D eigenvalue weighted by Gasteiger charge is 2.33. The van der Waals surface area contributed by atoms with Gasteiger partial charge in [0.1, 0.15) is 16.6 Å². The van der Waals surface area contributed by atoms with Crippen LogP contribution in [0.15, 0.2) is 24.3 Å². The van der Waals surface area contributed by atoms with Gasteiger partial charge >= 0.3 is 0 Å². The van der Waals surface area contributed by atoms with Crippen molar-refractivity contribution in [3.8, 4) is 17.3 Å². The van der Waals surface area contributed by atoms with Crippen molar-refractivity contribution in [2.75, 3.05) is 56.6 Å². The van der Waals surface area contributed by atoms with Crippen LogP contribution in [0.3, 0.4) is 0 Å². The standard InChI is InChI=1S/C28H33N9O2S2/c1-5-21-25(34(4)26-31-24(22(12-29)40-26)18-8-6-17(2)7-9-18)37-27(30-21)41-28(32-37)35-11-10-19(13-35)33(3)16-23(39)36-14-20(38)15-36/h6-9,19-20,38H,5,10-11,13-16H2,1-4H3. The van der Waals surface area contributed by atoms with Gasteiger partial charge < -0.3 is 19.8 Å². The highest BCUT2D eigenvalue weighted by molar-refractivity contribution is 7.20. The number of β-amino-alcohol motifs (C(OH)–C–C–N with tert-alkyl or cyclic N) is 1. The van der Waals surface area contributed by atoms with Gasteiger partial charge in [-0.1, -0.05) is 59.4 Å². The number of aliphatic hydroxyl groups is 1. The van der Waals surface area contributed by atoms with Gasteiger partial charge in [-0.3, -0.25) is 9.69 Å². The number of fused-ring (bicyclic) bond motifs is 1. The van der Waals surface area contributed by atoms with Crippen LogP contribution in [0.4, 0.5) is 16.1 Å². The molecular formula is C28H33N9O2S2. The molecule has 1 unspecified atom stereocenters. The summed E-state index contributed by atoms with van der Waals surface area (Å²) in [6, 6.07) is 10.6. The Labute approximate surface area is 246 Å². The van der Waals surface area contributed by atoms with Gasteiger partial charge in [-0.05, 0) is 26.8 Å². The Morgan fingerprint density at radius 3 is 2.61 bits per heavy atom. The van der Waals surface area contributed by atoms with Crippen molar-refractivity contribution in [1.82, 2.24) is 29.4 Å². The van der Waals surface area contributed by atoms with Crippen molar-refractivity contribution < 1.29 is 9.90 Å². The van der Waals surface area contributed by atoms with E-state index in [1.807, 2.05) is 54.7 Å². The van der Waals surface area contributed by atoms with E-state index in [0.717, 1.165) is 58.7 Å². The highest BCUT2D eigenvalue weighted by atomic mass is 32.1. The first-order chi connectivity index (χ1) is 19.7. The molecule has 1 aromatic carbocycles. The minimum absolute atomic E-state index is 0.0658. The number of aryl methyl sites for hydroxylation is 2. The SMILES string of the molecule is CCc1nc2sc(N3CCC(N(C)CC(=O)N4CC(O)C4)C3)nn2c1N(C)c1nc(-c2ccc(C)cc2)c(C#N)s1. The van der Waals surface area contributed by atoms with Crippen LogP contribution < -0.4 is 9.80 Å². The molecule has 214 valence electrons. The van der Waals surface area contributed by atoms with Crippen molar-refractivity contribution in [3.63, 3.8) is 0 Å². The summed E-state index contributed by atoms with van der Waals surface area (Å²) >= 11 is 2.93. The molecule has 0 aliphatic carbocycles. The summed E-state index contributed by atoms with van der Waals surface area (Å²) in [5.41, 5.74) is 3.70. The van der Waals surface area contributed by atoms with Crippen molar-refractivity contribution in [2.45, 2.75) is 38.8 Å². The number of thiazole rings is 1. The van der Waals surface area contributed by atoms with Gasteiger partial charge in [0.15, 0.2) is 10.9 Å². The molecule has 2 saturated heterocycles. The van der Waals surface area contributed by atoms with Crippen molar-refractivity contribution >= 4 is 49.6 Å². The lowest BCUT2D eigenvalue weighted by atomic mass is 10.1. The number of nitriles is 1. The van der Waals surface area contributed by atoms with Crippen molar-refractivity contribution in [3.05, 3.63) is 40.4 Å². The number of carbonyl (C=O) groups is 1. The molecule has 1 amide bonds. The molecule has 2 aliphatic rings. The molecule has 1 atom stereocenters. The van der Waals surface area contributed by atoms with E-state index in [1.54, 1.807) is 16.2 Å². The number of aliphatic hydroxyl groups excluding tert-OH is 1. The monoisotopic (exact) mass is 591 g/mol. The second kappa shape index (κ2) is 11.0. The predicted octanol–water partition coefficient (Wildman–Crippen LogP) is 3.14. The second-order valence-corrected chi connectivity index (χ2v) is 12.7. The van der Waals surface area contributed by atoms with Crippen LogP contribution in [0.1, 0.15) is 29.5 Å². The van der Waals surface area contributed by atoms with E-state index in [2.05, 4.69) is 22.8 Å². The maximum Gasteiger partial charge on any atom is 0.236 e. The smallest absolute Gasteiger partial charge is 0.236 e. The van der Waals surface area contributed by atoms with Crippen LogP contribution in [-0.2, 0) is 11.2 Å². The number of aromatic nitrogens is 4. The first-order valence-electron chi connectivity index (χ1n) is 13.8. The van der Waals surface area contributed by atoms with Crippen LogP contribution in [0.25, 0.3) is 16.2 Å². The van der Waals surface area contributed by atoms with Crippen LogP contribution in [0.2, 0.25) is 0 Å². The Bertz CT molecular complexity index is 1610. The molecule has 0 saturated carbocycles. The molecule has 5 heterocycles. The summed E-state index contributed by atoms with van der Waals surface area (Å²) in [5, 5.41) is 26.0. The van der Waals surface area contributed by atoms with Crippen molar-refractivity contribution in [2.24, 2.45) is 0 Å². The third kappa shape index (κ3) is 5.17. The van der Waals surface area contributed by atoms with Gasteiger partial charge in [0.2, 0.25) is 16.0 Å². The van der Waals surface area contributed by atoms with Crippen LogP contribution >= 0.6 is 22.7 Å². The molecule has 0 bridgehead atoms. The highest BCUT2D eigenvalue weighted by Crippen LogP contribution is 2.38. The minimum atomic E-state index is -0.383. The van der Waals surface area contributed by atoms with Gasteiger partial charge in [-0.15, -0.1) is 5.10 Å². The Balaban J connectivity index is 1.22. The molecule has 11 nitrogen and oxygen atoms in total. The van der Waals surface area contributed by atoms with Gasteiger partial charge in [-0.2, -0.15) is 9.78 Å². The summed E-state index contributed by atoms with van der Waals surface area (Å²) in [5.74, 6) is 0.921. The Hall–Kier alpha value is -3.57. The molecule has 2 aliphatic heterocycles. The number of likely N-dealkylation sites (tertiary alicyclic amines) is 1. The van der Waals surface area contributed by atoms with E-state index >= 15 is 0 Å². The van der Waals surface area contributed by atoms with Gasteiger partial charge in [-0.25, -0.2) is 9.97 Å². The number of hydrogen-bond acceptors (Lipinski definition) is 11. The van der Waals surface area contributed by atoms with Gasteiger partial charge in [0.05, 0.1) is 18.3 Å². The maximum atomic E-state index is 12.5. The second-order valence-electron chi connectivity index (χ2n) is 10.8. The summed E-state index contributed by atoms with van der Waals surface area (Å²) in [7, 11) is 3.95. The van der Waals surface area contributed by atoms with E-state index in [-0.39, 0.29) is 18.1 Å². The van der Waals surface area contributed by atoms with Gasteiger partial charge in [0.25, 0.3) is 0 Å². The Morgan fingerprint density at radius 2 is 1.93 bits per heavy atom. The number of amides is 1. The summed E-state index contributed by atoms with van der Waals surface area (Å²) < 4.78 is 1.90. The lowest BCUT2D eigenvalue weighted by Crippen LogP contribution is -2.56. The number of nitrogens with zero attached hydrogens (tertiary/aromatic N) is 9. The third-order valence-corrected chi connectivity index (χ3v) is 9.88. The largest absolute Gasteiger partial charge is 0.389 e.